The van der Waals surface area contributed by atoms with E-state index in [1.54, 1.807) is 36.8 Å². The van der Waals surface area contributed by atoms with Gasteiger partial charge in [-0.05, 0) is 62.7 Å². The third-order valence-corrected chi connectivity index (χ3v) is 6.66. The molecule has 2 N–H and O–H groups in total. The molecule has 0 bridgehead atoms. The first-order chi connectivity index (χ1) is 17.1. The second-order valence-corrected chi connectivity index (χ2v) is 8.83. The van der Waals surface area contributed by atoms with Crippen LogP contribution < -0.4 is 10.1 Å². The second-order valence-electron chi connectivity index (χ2n) is 8.83. The Labute approximate surface area is 203 Å². The molecule has 0 unspecified atom stereocenters. The summed E-state index contributed by atoms with van der Waals surface area (Å²) >= 11 is 0. The average molecular weight is 474 g/mol. The van der Waals surface area contributed by atoms with E-state index in [1.807, 2.05) is 31.0 Å². The second kappa shape index (κ2) is 9.84. The highest BCUT2D eigenvalue weighted by Crippen LogP contribution is 2.34. The summed E-state index contributed by atoms with van der Waals surface area (Å²) in [5, 5.41) is 11.4. The lowest BCUT2D eigenvalue weighted by molar-refractivity contribution is 0.0498. The fourth-order valence-electron chi connectivity index (χ4n) is 4.66. The van der Waals surface area contributed by atoms with Crippen molar-refractivity contribution in [1.29, 1.82) is 0 Å². The van der Waals surface area contributed by atoms with E-state index in [4.69, 9.17) is 4.74 Å². The third kappa shape index (κ3) is 4.61. The lowest BCUT2D eigenvalue weighted by atomic mass is 9.85. The summed E-state index contributed by atoms with van der Waals surface area (Å²) in [6, 6.07) is 12.3. The summed E-state index contributed by atoms with van der Waals surface area (Å²) in [7, 11) is 1.95. The minimum absolute atomic E-state index is 0.0761. The van der Waals surface area contributed by atoms with Gasteiger partial charge < -0.3 is 15.0 Å². The van der Waals surface area contributed by atoms with Crippen molar-refractivity contribution in [1.82, 2.24) is 25.4 Å². The van der Waals surface area contributed by atoms with Crippen molar-refractivity contribution < 1.29 is 13.9 Å². The number of H-pyrrole nitrogens is 1. The molecule has 35 heavy (non-hydrogen) atoms. The number of carbonyl (C=O) groups is 1. The summed E-state index contributed by atoms with van der Waals surface area (Å²) < 4.78 is 19.7. The van der Waals surface area contributed by atoms with Gasteiger partial charge in [0.25, 0.3) is 5.91 Å². The molecule has 2 aromatic carbocycles. The van der Waals surface area contributed by atoms with Crippen LogP contribution in [0.3, 0.4) is 0 Å². The van der Waals surface area contributed by atoms with Gasteiger partial charge in [0.1, 0.15) is 11.6 Å². The SMILES string of the molecule is CCOc1cc(C(=O)N(Cc2cncc3cn[nH]c23)C2CC(NC)C2)ccc1-c1cccc(F)c1. The first-order valence-corrected chi connectivity index (χ1v) is 11.8. The number of aromatic amines is 1. The molecule has 5 rings (SSSR count). The molecular weight excluding hydrogens is 445 g/mol. The van der Waals surface area contributed by atoms with E-state index >= 15 is 0 Å². The van der Waals surface area contributed by atoms with Crippen LogP contribution in [0.1, 0.15) is 35.7 Å². The minimum Gasteiger partial charge on any atom is -0.493 e. The van der Waals surface area contributed by atoms with E-state index in [0.717, 1.165) is 34.9 Å². The maximum atomic E-state index is 13.9. The normalized spacial score (nSPS) is 17.2. The molecule has 1 fully saturated rings. The van der Waals surface area contributed by atoms with Crippen molar-refractivity contribution in [2.45, 2.75) is 38.4 Å². The molecule has 7 nitrogen and oxygen atoms in total. The van der Waals surface area contributed by atoms with Crippen molar-refractivity contribution in [2.75, 3.05) is 13.7 Å². The highest BCUT2D eigenvalue weighted by Gasteiger charge is 2.36. The Morgan fingerprint density at radius 2 is 2.06 bits per heavy atom. The van der Waals surface area contributed by atoms with Crippen molar-refractivity contribution in [2.24, 2.45) is 0 Å². The van der Waals surface area contributed by atoms with Gasteiger partial charge in [0.2, 0.25) is 0 Å². The van der Waals surface area contributed by atoms with E-state index in [-0.39, 0.29) is 17.8 Å². The maximum absolute atomic E-state index is 13.9. The molecule has 1 aliphatic rings. The maximum Gasteiger partial charge on any atom is 0.254 e. The number of nitrogens with zero attached hydrogens (tertiary/aromatic N) is 3. The largest absolute Gasteiger partial charge is 0.493 e. The van der Waals surface area contributed by atoms with Crippen LogP contribution in [-0.4, -0.2) is 51.7 Å². The zero-order valence-corrected chi connectivity index (χ0v) is 19.8. The molecule has 1 amide bonds. The van der Waals surface area contributed by atoms with Gasteiger partial charge in [-0.2, -0.15) is 5.10 Å². The Morgan fingerprint density at radius 1 is 1.20 bits per heavy atom. The predicted molar refractivity (Wildman–Crippen MR) is 133 cm³/mol. The van der Waals surface area contributed by atoms with E-state index in [9.17, 15) is 9.18 Å². The Balaban J connectivity index is 1.49. The van der Waals surface area contributed by atoms with Gasteiger partial charge in [-0.1, -0.05) is 12.1 Å². The number of pyridine rings is 1. The van der Waals surface area contributed by atoms with Crippen LogP contribution >= 0.6 is 0 Å². The first kappa shape index (κ1) is 23.0. The lowest BCUT2D eigenvalue weighted by Gasteiger charge is -2.43. The topological polar surface area (TPSA) is 83.1 Å². The summed E-state index contributed by atoms with van der Waals surface area (Å²) in [6.45, 7) is 2.74. The molecule has 0 radical (unpaired) electrons. The molecule has 0 aliphatic heterocycles. The molecule has 1 aliphatic carbocycles. The Bertz CT molecular complexity index is 1350. The number of aromatic nitrogens is 3. The molecule has 8 heteroatoms. The monoisotopic (exact) mass is 473 g/mol. The number of ether oxygens (including phenoxy) is 1. The molecule has 4 aromatic rings. The first-order valence-electron chi connectivity index (χ1n) is 11.8. The van der Waals surface area contributed by atoms with Crippen LogP contribution in [0.2, 0.25) is 0 Å². The van der Waals surface area contributed by atoms with Gasteiger partial charge in [-0.25, -0.2) is 4.39 Å². The van der Waals surface area contributed by atoms with Gasteiger partial charge in [0.15, 0.2) is 0 Å². The number of hydrogen-bond donors (Lipinski definition) is 2. The van der Waals surface area contributed by atoms with Gasteiger partial charge in [0, 0.05) is 53.1 Å². The van der Waals surface area contributed by atoms with E-state index in [2.05, 4.69) is 20.5 Å². The van der Waals surface area contributed by atoms with E-state index in [0.29, 0.717) is 36.1 Å². The number of halogens is 1. The zero-order chi connectivity index (χ0) is 24.4. The predicted octanol–water partition coefficient (Wildman–Crippen LogP) is 4.56. The van der Waals surface area contributed by atoms with Crippen LogP contribution in [-0.2, 0) is 6.54 Å². The Kier molecular flexibility index (Phi) is 6.46. The number of benzene rings is 2. The van der Waals surface area contributed by atoms with Gasteiger partial charge in [-0.15, -0.1) is 0 Å². The summed E-state index contributed by atoms with van der Waals surface area (Å²) in [4.78, 5) is 20.1. The van der Waals surface area contributed by atoms with Crippen LogP contribution in [0.15, 0.2) is 61.1 Å². The lowest BCUT2D eigenvalue weighted by Crippen LogP contribution is -2.53. The number of nitrogens with one attached hydrogen (secondary N) is 2. The summed E-state index contributed by atoms with van der Waals surface area (Å²) in [6.07, 6.45) is 7.04. The fourth-order valence-corrected chi connectivity index (χ4v) is 4.66. The summed E-state index contributed by atoms with van der Waals surface area (Å²) in [5.74, 6) is 0.165. The number of rotatable bonds is 8. The highest BCUT2D eigenvalue weighted by molar-refractivity contribution is 5.96. The smallest absolute Gasteiger partial charge is 0.254 e. The molecule has 2 aromatic heterocycles. The number of carbonyl (C=O) groups excluding carboxylic acids is 1. The molecular formula is C27H28FN5O2. The number of amides is 1. The molecule has 0 atom stereocenters. The number of fused-ring (bicyclic) bond motifs is 1. The Hall–Kier alpha value is -3.78. The van der Waals surface area contributed by atoms with Crippen molar-refractivity contribution in [3.63, 3.8) is 0 Å². The minimum atomic E-state index is -0.318. The Morgan fingerprint density at radius 3 is 2.83 bits per heavy atom. The molecule has 180 valence electrons. The van der Waals surface area contributed by atoms with Gasteiger partial charge >= 0.3 is 0 Å². The van der Waals surface area contributed by atoms with Crippen LogP contribution in [0.25, 0.3) is 22.0 Å². The third-order valence-electron chi connectivity index (χ3n) is 6.66. The van der Waals surface area contributed by atoms with Crippen LogP contribution in [0.5, 0.6) is 5.75 Å². The van der Waals surface area contributed by atoms with E-state index in [1.165, 1.54) is 12.1 Å². The van der Waals surface area contributed by atoms with Crippen LogP contribution in [0, 0.1) is 5.82 Å². The molecule has 0 spiro atoms. The number of hydrogen-bond acceptors (Lipinski definition) is 5. The van der Waals surface area contributed by atoms with Crippen LogP contribution in [0.4, 0.5) is 4.39 Å². The molecule has 2 heterocycles. The summed E-state index contributed by atoms with van der Waals surface area (Å²) in [5.41, 5.74) is 3.80. The molecule has 0 saturated heterocycles. The fraction of sp³-hybridized carbons (Fsp3) is 0.296. The van der Waals surface area contributed by atoms with Gasteiger partial charge in [0.05, 0.1) is 18.3 Å². The van der Waals surface area contributed by atoms with Crippen molar-refractivity contribution in [3.05, 3.63) is 78.0 Å². The zero-order valence-electron chi connectivity index (χ0n) is 19.8. The standard InChI is InChI=1S/C27H28FN5O2/c1-3-35-25-10-18(7-8-24(25)17-5-4-6-21(28)9-17)27(34)33(23-11-22(12-23)29-2)16-20-14-30-13-19-15-31-32-26(19)20/h4-10,13-15,22-23,29H,3,11-12,16H2,1-2H3,(H,31,32). The average Bonchev–Trinajstić information content (AvgIpc) is 3.32. The van der Waals surface area contributed by atoms with E-state index < -0.39 is 0 Å². The highest BCUT2D eigenvalue weighted by atomic mass is 19.1. The quantitative estimate of drug-likeness (QED) is 0.392. The molecule has 1 saturated carbocycles. The van der Waals surface area contributed by atoms with Crippen molar-refractivity contribution in [3.8, 4) is 16.9 Å². The van der Waals surface area contributed by atoms with Crippen molar-refractivity contribution >= 4 is 16.8 Å². The van der Waals surface area contributed by atoms with Gasteiger partial charge in [-0.3, -0.25) is 14.9 Å².